The number of benzene rings is 1. The van der Waals surface area contributed by atoms with E-state index in [4.69, 9.17) is 9.47 Å². The van der Waals surface area contributed by atoms with Gasteiger partial charge in [-0.15, -0.1) is 11.3 Å². The van der Waals surface area contributed by atoms with Crippen LogP contribution in [0.1, 0.15) is 49.7 Å². The molecule has 1 aromatic carbocycles. The number of hydrogen-bond acceptors (Lipinski definition) is 5. The molecule has 0 fully saturated rings. The lowest BCUT2D eigenvalue weighted by Gasteiger charge is -2.18. The van der Waals surface area contributed by atoms with Gasteiger partial charge in [0, 0.05) is 18.0 Å². The number of amides is 1. The Bertz CT molecular complexity index is 686. The van der Waals surface area contributed by atoms with Crippen LogP contribution in [0.5, 0.6) is 11.5 Å². The Balaban J connectivity index is 1.86. The molecule has 0 aliphatic heterocycles. The molecule has 1 heterocycles. The van der Waals surface area contributed by atoms with Gasteiger partial charge in [-0.2, -0.15) is 0 Å². The molecule has 0 spiro atoms. The Labute approximate surface area is 159 Å². The van der Waals surface area contributed by atoms with Crippen molar-refractivity contribution in [3.8, 4) is 11.5 Å². The molecule has 26 heavy (non-hydrogen) atoms. The van der Waals surface area contributed by atoms with Crippen molar-refractivity contribution in [2.75, 3.05) is 14.2 Å². The molecular weight excluding hydrogens is 348 g/mol. The largest absolute Gasteiger partial charge is 0.493 e. The molecule has 6 heteroatoms. The topological polar surface area (TPSA) is 60.5 Å². The number of hydrogen-bond donors (Lipinski definition) is 1. The maximum Gasteiger partial charge on any atom is 0.220 e. The summed E-state index contributed by atoms with van der Waals surface area (Å²) in [7, 11) is 3.25. The summed E-state index contributed by atoms with van der Waals surface area (Å²) in [5.74, 6) is 2.01. The highest BCUT2D eigenvalue weighted by Gasteiger charge is 2.18. The SMILES string of the molecule is COc1ccc(CCCC(=O)NC(CC(C)C)c2nccs2)cc1OC. The highest BCUT2D eigenvalue weighted by Crippen LogP contribution is 2.28. The van der Waals surface area contributed by atoms with Crippen molar-refractivity contribution in [1.29, 1.82) is 0 Å². The maximum atomic E-state index is 12.4. The van der Waals surface area contributed by atoms with E-state index in [1.54, 1.807) is 31.8 Å². The van der Waals surface area contributed by atoms with Crippen LogP contribution in [0.25, 0.3) is 0 Å². The van der Waals surface area contributed by atoms with Gasteiger partial charge in [-0.25, -0.2) is 4.98 Å². The summed E-state index contributed by atoms with van der Waals surface area (Å²) < 4.78 is 10.6. The van der Waals surface area contributed by atoms with Crippen LogP contribution >= 0.6 is 11.3 Å². The number of aryl methyl sites for hydroxylation is 1. The second kappa shape index (κ2) is 10.2. The fourth-order valence-electron chi connectivity index (χ4n) is 2.86. The van der Waals surface area contributed by atoms with Gasteiger partial charge in [-0.1, -0.05) is 19.9 Å². The van der Waals surface area contributed by atoms with E-state index < -0.39 is 0 Å². The molecule has 0 bridgehead atoms. The lowest BCUT2D eigenvalue weighted by atomic mass is 10.0. The lowest BCUT2D eigenvalue weighted by Crippen LogP contribution is -2.29. The predicted octanol–water partition coefficient (Wildman–Crippen LogP) is 4.39. The molecule has 0 radical (unpaired) electrons. The van der Waals surface area contributed by atoms with Gasteiger partial charge < -0.3 is 14.8 Å². The van der Waals surface area contributed by atoms with Gasteiger partial charge >= 0.3 is 0 Å². The van der Waals surface area contributed by atoms with Gasteiger partial charge in [0.25, 0.3) is 0 Å². The molecule has 1 amide bonds. The fourth-order valence-corrected chi connectivity index (χ4v) is 3.56. The van der Waals surface area contributed by atoms with Crippen LogP contribution in [0.15, 0.2) is 29.8 Å². The van der Waals surface area contributed by atoms with Crippen molar-refractivity contribution < 1.29 is 14.3 Å². The zero-order chi connectivity index (χ0) is 18.9. The van der Waals surface area contributed by atoms with E-state index >= 15 is 0 Å². The van der Waals surface area contributed by atoms with Crippen LogP contribution in [-0.2, 0) is 11.2 Å². The number of nitrogens with one attached hydrogen (secondary N) is 1. The molecule has 2 rings (SSSR count). The Morgan fingerprint density at radius 1 is 1.23 bits per heavy atom. The minimum Gasteiger partial charge on any atom is -0.493 e. The van der Waals surface area contributed by atoms with Gasteiger partial charge in [-0.05, 0) is 42.9 Å². The van der Waals surface area contributed by atoms with Crippen LogP contribution in [0, 0.1) is 5.92 Å². The van der Waals surface area contributed by atoms with Crippen LogP contribution in [-0.4, -0.2) is 25.1 Å². The number of rotatable bonds is 10. The molecule has 5 nitrogen and oxygen atoms in total. The number of carbonyl (C=O) groups is 1. The smallest absolute Gasteiger partial charge is 0.220 e. The Kier molecular flexibility index (Phi) is 7.91. The quantitative estimate of drug-likeness (QED) is 0.668. The highest BCUT2D eigenvalue weighted by molar-refractivity contribution is 7.09. The lowest BCUT2D eigenvalue weighted by molar-refractivity contribution is -0.122. The van der Waals surface area contributed by atoms with E-state index in [9.17, 15) is 4.79 Å². The second-order valence-electron chi connectivity index (χ2n) is 6.66. The standard InChI is InChI=1S/C20H28N2O3S/c1-14(2)12-16(20-21-10-11-26-20)22-19(23)7-5-6-15-8-9-17(24-3)18(13-15)25-4/h8-11,13-14,16H,5-7,12H2,1-4H3,(H,22,23). The third kappa shape index (κ3) is 6.02. The molecule has 1 N–H and O–H groups in total. The van der Waals surface area contributed by atoms with Gasteiger partial charge in [0.05, 0.1) is 20.3 Å². The number of carbonyl (C=O) groups excluding carboxylic acids is 1. The van der Waals surface area contributed by atoms with Crippen molar-refractivity contribution >= 4 is 17.2 Å². The van der Waals surface area contributed by atoms with Gasteiger partial charge in [-0.3, -0.25) is 4.79 Å². The summed E-state index contributed by atoms with van der Waals surface area (Å²) in [4.78, 5) is 16.7. The van der Waals surface area contributed by atoms with E-state index in [2.05, 4.69) is 24.1 Å². The summed E-state index contributed by atoms with van der Waals surface area (Å²) in [6, 6.07) is 5.88. The summed E-state index contributed by atoms with van der Waals surface area (Å²) in [5, 5.41) is 6.07. The third-order valence-corrected chi connectivity index (χ3v) is 5.00. The summed E-state index contributed by atoms with van der Waals surface area (Å²) in [6.45, 7) is 4.31. The first-order chi connectivity index (χ1) is 12.5. The first-order valence-electron chi connectivity index (χ1n) is 8.93. The zero-order valence-electron chi connectivity index (χ0n) is 16.0. The van der Waals surface area contributed by atoms with Crippen molar-refractivity contribution in [3.05, 3.63) is 40.3 Å². The average Bonchev–Trinajstić information content (AvgIpc) is 3.15. The Morgan fingerprint density at radius 2 is 2.00 bits per heavy atom. The molecule has 0 aliphatic rings. The second-order valence-corrected chi connectivity index (χ2v) is 7.59. The average molecular weight is 377 g/mol. The fraction of sp³-hybridized carbons (Fsp3) is 0.500. The molecule has 0 saturated carbocycles. The molecule has 0 aliphatic carbocycles. The monoisotopic (exact) mass is 376 g/mol. The normalized spacial score (nSPS) is 12.0. The van der Waals surface area contributed by atoms with E-state index in [1.807, 2.05) is 23.6 Å². The molecular formula is C20H28N2O3S. The van der Waals surface area contributed by atoms with Crippen molar-refractivity contribution in [2.45, 2.75) is 45.6 Å². The molecule has 1 unspecified atom stereocenters. The predicted molar refractivity (Wildman–Crippen MR) is 105 cm³/mol. The van der Waals surface area contributed by atoms with Crippen LogP contribution in [0.3, 0.4) is 0 Å². The van der Waals surface area contributed by atoms with E-state index in [0.29, 0.717) is 18.1 Å². The van der Waals surface area contributed by atoms with Crippen molar-refractivity contribution in [2.24, 2.45) is 5.92 Å². The molecule has 1 atom stereocenters. The molecule has 0 saturated heterocycles. The number of aromatic nitrogens is 1. The Morgan fingerprint density at radius 3 is 2.62 bits per heavy atom. The van der Waals surface area contributed by atoms with Gasteiger partial charge in [0.15, 0.2) is 11.5 Å². The van der Waals surface area contributed by atoms with Crippen molar-refractivity contribution in [1.82, 2.24) is 10.3 Å². The first kappa shape index (κ1) is 20.2. The maximum absolute atomic E-state index is 12.4. The Hall–Kier alpha value is -2.08. The van der Waals surface area contributed by atoms with Gasteiger partial charge in [0.2, 0.25) is 5.91 Å². The van der Waals surface area contributed by atoms with Crippen LogP contribution in [0.2, 0.25) is 0 Å². The number of ether oxygens (including phenoxy) is 2. The summed E-state index contributed by atoms with van der Waals surface area (Å²) >= 11 is 1.59. The molecule has 1 aromatic heterocycles. The minimum atomic E-state index is 0.00332. The van der Waals surface area contributed by atoms with E-state index in [0.717, 1.165) is 35.6 Å². The number of nitrogens with zero attached hydrogens (tertiary/aromatic N) is 1. The summed E-state index contributed by atoms with van der Waals surface area (Å²) in [6.07, 6.45) is 4.78. The minimum absolute atomic E-state index is 0.00332. The van der Waals surface area contributed by atoms with Crippen molar-refractivity contribution in [3.63, 3.8) is 0 Å². The number of methoxy groups -OCH3 is 2. The van der Waals surface area contributed by atoms with Crippen LogP contribution in [0.4, 0.5) is 0 Å². The molecule has 142 valence electrons. The molecule has 2 aromatic rings. The van der Waals surface area contributed by atoms with Gasteiger partial charge in [0.1, 0.15) is 5.01 Å². The number of thiazole rings is 1. The summed E-state index contributed by atoms with van der Waals surface area (Å²) in [5.41, 5.74) is 1.13. The highest BCUT2D eigenvalue weighted by atomic mass is 32.1. The van der Waals surface area contributed by atoms with E-state index in [-0.39, 0.29) is 11.9 Å². The zero-order valence-corrected chi connectivity index (χ0v) is 16.8. The van der Waals surface area contributed by atoms with E-state index in [1.165, 1.54) is 0 Å². The third-order valence-electron chi connectivity index (χ3n) is 4.11. The first-order valence-corrected chi connectivity index (χ1v) is 9.81. The van der Waals surface area contributed by atoms with Crippen LogP contribution < -0.4 is 14.8 Å².